The summed E-state index contributed by atoms with van der Waals surface area (Å²) in [6.45, 7) is 15.6. The van der Waals surface area contributed by atoms with Crippen LogP contribution in [0.2, 0.25) is 0 Å². The number of benzene rings is 3. The first kappa shape index (κ1) is 32.9. The van der Waals surface area contributed by atoms with E-state index in [0.29, 0.717) is 11.1 Å². The minimum Gasteiger partial charge on any atom is -0.772 e. The molecule has 0 saturated heterocycles. The van der Waals surface area contributed by atoms with Crippen LogP contribution >= 0.6 is 0 Å². The van der Waals surface area contributed by atoms with Crippen LogP contribution in [0.15, 0.2) is 34.1 Å². The van der Waals surface area contributed by atoms with Crippen molar-refractivity contribution in [2.75, 3.05) is 12.5 Å². The third-order valence-corrected chi connectivity index (χ3v) is 11.5. The van der Waals surface area contributed by atoms with Gasteiger partial charge in [0, 0.05) is 34.5 Å². The highest BCUT2D eigenvalue weighted by Crippen LogP contribution is 2.44. The Labute approximate surface area is 269 Å². The molecule has 232 valence electrons. The van der Waals surface area contributed by atoms with E-state index in [2.05, 4.69) is 9.69 Å². The lowest BCUT2D eigenvalue weighted by atomic mass is 9.90. The van der Waals surface area contributed by atoms with Crippen LogP contribution in [0.3, 0.4) is 0 Å². The quantitative estimate of drug-likeness (QED) is 0.185. The molecule has 12 nitrogen and oxygen atoms in total. The SMILES string of the molecule is [C-]#[N+]/C(C#N)=c1/c2c(/c(=C(\C#N)[N+]#[C-])c3c1-c1ccc(CS(=O)[O-])c(CS(=O)[O-])c1C3)-c1ccc(S(C)(=O)=O)c(S(C)(=O)=O)c1C2. The lowest BCUT2D eigenvalue weighted by Gasteiger charge is -2.17. The summed E-state index contributed by atoms with van der Waals surface area (Å²) in [6.07, 6.45) is 1.32. The van der Waals surface area contributed by atoms with Crippen molar-refractivity contribution in [3.05, 3.63) is 90.9 Å². The molecule has 0 spiro atoms. The molecule has 0 aromatic heterocycles. The first-order valence-electron chi connectivity index (χ1n) is 12.9. The molecule has 2 aliphatic rings. The maximum Gasteiger partial charge on any atom is 0.269 e. The fourth-order valence-corrected chi connectivity index (χ4v) is 10.3. The van der Waals surface area contributed by atoms with Crippen LogP contribution in [0.1, 0.15) is 33.4 Å². The largest absolute Gasteiger partial charge is 0.772 e. The van der Waals surface area contributed by atoms with Gasteiger partial charge in [-0.3, -0.25) is 8.42 Å². The minimum absolute atomic E-state index is 0.0621. The lowest BCUT2D eigenvalue weighted by molar-refractivity contribution is 0.532. The van der Waals surface area contributed by atoms with Crippen molar-refractivity contribution in [2.24, 2.45) is 0 Å². The molecule has 0 radical (unpaired) electrons. The van der Waals surface area contributed by atoms with E-state index in [4.69, 9.17) is 13.1 Å². The predicted octanol–water partition coefficient (Wildman–Crippen LogP) is 1.50. The van der Waals surface area contributed by atoms with E-state index in [1.807, 2.05) is 12.1 Å². The van der Waals surface area contributed by atoms with Gasteiger partial charge in [0.15, 0.2) is 19.7 Å². The molecular weight excluding hydrogens is 673 g/mol. The van der Waals surface area contributed by atoms with E-state index in [9.17, 15) is 44.9 Å². The van der Waals surface area contributed by atoms with Crippen molar-refractivity contribution in [3.8, 4) is 34.4 Å². The topological polar surface area (TPSA) is 205 Å². The fraction of sp³-hybridized carbons (Fsp3) is 0.200. The number of sulfone groups is 2. The Morgan fingerprint density at radius 3 is 1.70 bits per heavy atom. The van der Waals surface area contributed by atoms with Crippen LogP contribution in [0.25, 0.3) is 43.3 Å². The average molecular weight is 691 g/mol. The molecule has 2 atom stereocenters. The van der Waals surface area contributed by atoms with Crippen molar-refractivity contribution in [3.63, 3.8) is 0 Å². The van der Waals surface area contributed by atoms with E-state index in [0.717, 1.165) is 18.6 Å². The Kier molecular flexibility index (Phi) is 8.35. The van der Waals surface area contributed by atoms with Crippen molar-refractivity contribution < 1.29 is 34.4 Å². The van der Waals surface area contributed by atoms with E-state index in [-0.39, 0.29) is 67.8 Å². The van der Waals surface area contributed by atoms with E-state index < -0.39 is 74.5 Å². The number of hydrogen-bond acceptors (Lipinski definition) is 10. The summed E-state index contributed by atoms with van der Waals surface area (Å²) in [5.74, 6) is -1.05. The van der Waals surface area contributed by atoms with Gasteiger partial charge in [0.1, 0.15) is 0 Å². The van der Waals surface area contributed by atoms with Crippen molar-refractivity contribution in [2.45, 2.75) is 34.1 Å². The first-order valence-corrected chi connectivity index (χ1v) is 19.2. The molecule has 0 bridgehead atoms. The van der Waals surface area contributed by atoms with Gasteiger partial charge in [-0.2, -0.15) is 0 Å². The van der Waals surface area contributed by atoms with Crippen LogP contribution < -0.4 is 10.4 Å². The molecule has 0 saturated carbocycles. The zero-order chi connectivity index (χ0) is 33.9. The van der Waals surface area contributed by atoms with E-state index in [1.165, 1.54) is 18.2 Å². The molecule has 0 heterocycles. The predicted molar refractivity (Wildman–Crippen MR) is 165 cm³/mol. The van der Waals surface area contributed by atoms with E-state index >= 15 is 0 Å². The summed E-state index contributed by atoms with van der Waals surface area (Å²) < 4.78 is 98.6. The van der Waals surface area contributed by atoms with Gasteiger partial charge in [-0.15, -0.1) is 0 Å². The summed E-state index contributed by atoms with van der Waals surface area (Å²) in [5, 5.41) is 20.3. The van der Waals surface area contributed by atoms with Crippen LogP contribution in [0.4, 0.5) is 0 Å². The maximum atomic E-state index is 13.1. The number of fused-ring (bicyclic) bond motifs is 6. The number of nitriles is 2. The number of rotatable bonds is 6. The molecule has 0 amide bonds. The Morgan fingerprint density at radius 2 is 1.26 bits per heavy atom. The summed E-state index contributed by atoms with van der Waals surface area (Å²) in [4.78, 5) is 5.91. The van der Waals surface area contributed by atoms with Gasteiger partial charge < -0.3 is 9.11 Å². The van der Waals surface area contributed by atoms with Crippen molar-refractivity contribution in [1.29, 1.82) is 10.5 Å². The molecule has 2 aliphatic carbocycles. The van der Waals surface area contributed by atoms with Crippen LogP contribution in [0.5, 0.6) is 0 Å². The molecule has 0 N–H and O–H groups in total. The van der Waals surface area contributed by atoms with Gasteiger partial charge >= 0.3 is 0 Å². The lowest BCUT2D eigenvalue weighted by Crippen LogP contribution is -2.25. The minimum atomic E-state index is -4.19. The highest BCUT2D eigenvalue weighted by Gasteiger charge is 2.36. The third-order valence-electron chi connectivity index (χ3n) is 7.92. The molecule has 0 fully saturated rings. The van der Waals surface area contributed by atoms with Crippen LogP contribution in [-0.4, -0.2) is 46.9 Å². The second-order valence-electron chi connectivity index (χ2n) is 10.5. The molecule has 16 heteroatoms. The second-order valence-corrected chi connectivity index (χ2v) is 16.3. The Morgan fingerprint density at radius 1 is 0.783 bits per heavy atom. The van der Waals surface area contributed by atoms with Crippen LogP contribution in [-0.2, 0) is 66.2 Å². The molecule has 5 rings (SSSR count). The monoisotopic (exact) mass is 690 g/mol. The number of nitrogens with zero attached hydrogens (tertiary/aromatic N) is 4. The van der Waals surface area contributed by atoms with Gasteiger partial charge in [0.2, 0.25) is 0 Å². The van der Waals surface area contributed by atoms with Crippen molar-refractivity contribution >= 4 is 53.2 Å². The standard InChI is InChI=1S/C30H20N4O8S4/c1-33-23(11-31)28-20-9-18-16(6-5-15(13-43(35)36)22(18)14-44(37)38)26(20)29(24(12-32)34-2)21-10-19-17(27(21)28)7-8-25(45(3,39)40)30(19)46(4,41)42/h5-8H,9-10,13-14H2,3-4H3,(H,35,36)(H,37,38)/p-2/b28-23+,29-24-. The van der Waals surface area contributed by atoms with Crippen molar-refractivity contribution in [1.82, 2.24) is 0 Å². The zero-order valence-electron chi connectivity index (χ0n) is 23.8. The Bertz CT molecular complexity index is 2500. The van der Waals surface area contributed by atoms with Gasteiger partial charge in [-0.1, -0.05) is 40.4 Å². The molecule has 3 aromatic carbocycles. The summed E-state index contributed by atoms with van der Waals surface area (Å²) >= 11 is -5.23. The average Bonchev–Trinajstić information content (AvgIpc) is 3.53. The third kappa shape index (κ3) is 5.25. The van der Waals surface area contributed by atoms with Gasteiger partial charge in [-0.05, 0) is 74.5 Å². The highest BCUT2D eigenvalue weighted by molar-refractivity contribution is 7.93. The first-order chi connectivity index (χ1) is 21.6. The zero-order valence-corrected chi connectivity index (χ0v) is 27.1. The molecule has 3 aromatic rings. The molecular formula is C30H18N4O8S4-2. The molecule has 0 aliphatic heterocycles. The number of hydrogen-bond donors (Lipinski definition) is 0. The smallest absolute Gasteiger partial charge is 0.269 e. The normalized spacial score (nSPS) is 15.5. The second kappa shape index (κ2) is 11.7. The highest BCUT2D eigenvalue weighted by atomic mass is 32.2. The van der Waals surface area contributed by atoms with Gasteiger partial charge in [0.25, 0.3) is 11.4 Å². The van der Waals surface area contributed by atoms with Crippen LogP contribution in [0, 0.1) is 35.8 Å². The molecule has 2 unspecified atom stereocenters. The Hall–Kier alpha value is -4.52. The summed E-state index contributed by atoms with van der Waals surface area (Å²) in [7, 11) is -8.25. The van der Waals surface area contributed by atoms with E-state index in [1.54, 1.807) is 0 Å². The fourth-order valence-electron chi connectivity index (χ4n) is 6.40. The summed E-state index contributed by atoms with van der Waals surface area (Å²) in [6, 6.07) is 9.16. The van der Waals surface area contributed by atoms with Gasteiger partial charge in [-0.25, -0.2) is 37.0 Å². The maximum absolute atomic E-state index is 13.1. The Balaban J connectivity index is 2.07. The summed E-state index contributed by atoms with van der Waals surface area (Å²) in [5.41, 5.74) is 1.48. The molecule has 46 heavy (non-hydrogen) atoms. The van der Waals surface area contributed by atoms with Gasteiger partial charge in [0.05, 0.1) is 35.1 Å².